The second-order valence-corrected chi connectivity index (χ2v) is 10.5. The molecule has 1 N–H and O–H groups in total. The van der Waals surface area contributed by atoms with Crippen molar-refractivity contribution < 1.29 is 9.53 Å². The molecule has 4 aromatic rings. The molecule has 1 amide bonds. The van der Waals surface area contributed by atoms with Gasteiger partial charge in [-0.25, -0.2) is 4.98 Å². The van der Waals surface area contributed by atoms with E-state index in [1.165, 1.54) is 39.1 Å². The SMILES string of the molecule is COc1ccc(NC(=O)c2sc3nc4n(c(=O)c3c2C)N=C(c2ccc(Cl)s2)CS4)cc1. The molecule has 32 heavy (non-hydrogen) atoms. The van der Waals surface area contributed by atoms with Crippen molar-refractivity contribution in [3.63, 3.8) is 0 Å². The molecule has 7 nitrogen and oxygen atoms in total. The number of nitrogens with one attached hydrogen (secondary N) is 1. The molecule has 5 rings (SSSR count). The lowest BCUT2D eigenvalue weighted by molar-refractivity contribution is 0.103. The standard InChI is InChI=1S/C21H15ClN4O3S3/c1-10-16-19(32-17(10)18(27)23-11-3-5-12(29-2)6-4-11)24-21-26(20(16)28)25-13(9-30-21)14-7-8-15(22)31-14/h3-8H,9H2,1-2H3,(H,23,27). The molecular formula is C21H15ClN4O3S3. The van der Waals surface area contributed by atoms with Gasteiger partial charge in [-0.2, -0.15) is 9.78 Å². The average molecular weight is 503 g/mol. The first-order chi connectivity index (χ1) is 15.4. The minimum atomic E-state index is -0.289. The molecule has 162 valence electrons. The predicted molar refractivity (Wildman–Crippen MR) is 132 cm³/mol. The lowest BCUT2D eigenvalue weighted by atomic mass is 10.2. The lowest BCUT2D eigenvalue weighted by Gasteiger charge is -2.14. The number of nitrogens with zero attached hydrogens (tertiary/aromatic N) is 3. The number of carbonyl (C=O) groups excluding carboxylic acids is 1. The van der Waals surface area contributed by atoms with Crippen LogP contribution in [0, 0.1) is 6.92 Å². The fourth-order valence-electron chi connectivity index (χ4n) is 3.29. The van der Waals surface area contributed by atoms with Crippen molar-refractivity contribution >= 4 is 73.6 Å². The van der Waals surface area contributed by atoms with E-state index >= 15 is 0 Å². The maximum absolute atomic E-state index is 13.3. The van der Waals surface area contributed by atoms with Crippen LogP contribution in [-0.2, 0) is 0 Å². The zero-order chi connectivity index (χ0) is 22.4. The summed E-state index contributed by atoms with van der Waals surface area (Å²) in [5, 5.41) is 8.33. The number of ether oxygens (including phenoxy) is 1. The molecule has 0 atom stereocenters. The highest BCUT2D eigenvalue weighted by molar-refractivity contribution is 7.99. The third-order valence-corrected chi connectivity index (χ3v) is 8.29. The summed E-state index contributed by atoms with van der Waals surface area (Å²) < 4.78 is 7.13. The van der Waals surface area contributed by atoms with Crippen molar-refractivity contribution in [2.75, 3.05) is 18.2 Å². The predicted octanol–water partition coefficient (Wildman–Crippen LogP) is 5.10. The summed E-state index contributed by atoms with van der Waals surface area (Å²) in [4.78, 5) is 32.7. The molecule has 4 heterocycles. The van der Waals surface area contributed by atoms with Crippen molar-refractivity contribution in [2.24, 2.45) is 5.10 Å². The van der Waals surface area contributed by atoms with Gasteiger partial charge in [0.25, 0.3) is 11.5 Å². The number of aryl methyl sites for hydroxylation is 1. The van der Waals surface area contributed by atoms with Crippen LogP contribution in [0.4, 0.5) is 5.69 Å². The molecule has 1 aromatic carbocycles. The number of carbonyl (C=O) groups is 1. The third kappa shape index (κ3) is 3.73. The molecule has 11 heteroatoms. The molecule has 0 fully saturated rings. The van der Waals surface area contributed by atoms with E-state index in [4.69, 9.17) is 16.3 Å². The van der Waals surface area contributed by atoms with Crippen molar-refractivity contribution in [3.05, 3.63) is 66.4 Å². The fraction of sp³-hybridized carbons (Fsp3) is 0.143. The molecular weight excluding hydrogens is 488 g/mol. The summed E-state index contributed by atoms with van der Waals surface area (Å²) in [7, 11) is 1.58. The van der Waals surface area contributed by atoms with Crippen LogP contribution in [0.2, 0.25) is 4.34 Å². The van der Waals surface area contributed by atoms with Crippen molar-refractivity contribution in [2.45, 2.75) is 12.1 Å². The summed E-state index contributed by atoms with van der Waals surface area (Å²) in [6.07, 6.45) is 0. The zero-order valence-electron chi connectivity index (χ0n) is 16.8. The Balaban J connectivity index is 1.53. The lowest BCUT2D eigenvalue weighted by Crippen LogP contribution is -2.25. The Morgan fingerprint density at radius 3 is 2.66 bits per heavy atom. The number of methoxy groups -OCH3 is 1. The number of hydrogen-bond donors (Lipinski definition) is 1. The first kappa shape index (κ1) is 21.2. The maximum Gasteiger partial charge on any atom is 0.283 e. The van der Waals surface area contributed by atoms with Gasteiger partial charge in [0, 0.05) is 11.4 Å². The van der Waals surface area contributed by atoms with Crippen LogP contribution in [0.15, 0.2) is 51.5 Å². The van der Waals surface area contributed by atoms with E-state index in [9.17, 15) is 9.59 Å². The highest BCUT2D eigenvalue weighted by atomic mass is 35.5. The fourth-order valence-corrected chi connectivity index (χ4v) is 6.41. The summed E-state index contributed by atoms with van der Waals surface area (Å²) in [5.74, 6) is 0.999. The zero-order valence-corrected chi connectivity index (χ0v) is 20.0. The van der Waals surface area contributed by atoms with Gasteiger partial charge in [0.15, 0.2) is 5.16 Å². The Kier molecular flexibility index (Phi) is 5.54. The third-order valence-electron chi connectivity index (χ3n) is 4.88. The smallest absolute Gasteiger partial charge is 0.283 e. The van der Waals surface area contributed by atoms with Crippen LogP contribution in [-0.4, -0.2) is 34.1 Å². The topological polar surface area (TPSA) is 85.6 Å². The average Bonchev–Trinajstić information content (AvgIpc) is 3.37. The number of benzene rings is 1. The van der Waals surface area contributed by atoms with Gasteiger partial charge >= 0.3 is 0 Å². The van der Waals surface area contributed by atoms with Crippen molar-refractivity contribution in [3.8, 4) is 5.75 Å². The number of thioether (sulfide) groups is 1. The number of fused-ring (bicyclic) bond motifs is 2. The first-order valence-electron chi connectivity index (χ1n) is 9.42. The van der Waals surface area contributed by atoms with Gasteiger partial charge in [0.2, 0.25) is 0 Å². The van der Waals surface area contributed by atoms with Gasteiger partial charge in [0.05, 0.1) is 32.3 Å². The number of aromatic nitrogens is 2. The summed E-state index contributed by atoms with van der Waals surface area (Å²) in [5.41, 5.74) is 1.72. The second-order valence-electron chi connectivity index (χ2n) is 6.87. The van der Waals surface area contributed by atoms with Gasteiger partial charge in [-0.1, -0.05) is 23.4 Å². The van der Waals surface area contributed by atoms with Crippen LogP contribution in [0.25, 0.3) is 10.2 Å². The van der Waals surface area contributed by atoms with Crippen LogP contribution in [0.5, 0.6) is 5.75 Å². The Hall–Kier alpha value is -2.66. The summed E-state index contributed by atoms with van der Waals surface area (Å²) in [6, 6.07) is 10.8. The first-order valence-corrected chi connectivity index (χ1v) is 12.4. The minimum Gasteiger partial charge on any atom is -0.497 e. The molecule has 1 aliphatic rings. The maximum atomic E-state index is 13.3. The van der Waals surface area contributed by atoms with Crippen molar-refractivity contribution in [1.29, 1.82) is 0 Å². The van der Waals surface area contributed by atoms with Gasteiger partial charge in [-0.3, -0.25) is 9.59 Å². The highest BCUT2D eigenvalue weighted by Gasteiger charge is 2.24. The molecule has 1 aliphatic heterocycles. The monoisotopic (exact) mass is 502 g/mol. The van der Waals surface area contributed by atoms with Gasteiger partial charge in [-0.15, -0.1) is 22.7 Å². The van der Waals surface area contributed by atoms with Gasteiger partial charge in [-0.05, 0) is 48.9 Å². The highest BCUT2D eigenvalue weighted by Crippen LogP contribution is 2.32. The molecule has 0 saturated heterocycles. The van der Waals surface area contributed by atoms with Crippen LogP contribution < -0.4 is 15.6 Å². The number of halogens is 1. The Morgan fingerprint density at radius 2 is 1.97 bits per heavy atom. The number of hydrogen-bond acceptors (Lipinski definition) is 8. The molecule has 0 unspecified atom stereocenters. The van der Waals surface area contributed by atoms with Gasteiger partial charge in [0.1, 0.15) is 10.6 Å². The summed E-state index contributed by atoms with van der Waals surface area (Å²) >= 11 is 10.1. The number of thiophene rings is 2. The molecule has 0 spiro atoms. The van der Waals surface area contributed by atoms with E-state index < -0.39 is 0 Å². The Labute approximate surface area is 199 Å². The van der Waals surface area contributed by atoms with Crippen LogP contribution in [0.1, 0.15) is 20.1 Å². The quantitative estimate of drug-likeness (QED) is 0.392. The van der Waals surface area contributed by atoms with E-state index in [0.29, 0.717) is 47.3 Å². The Bertz CT molecular complexity index is 1450. The van der Waals surface area contributed by atoms with E-state index in [2.05, 4.69) is 15.4 Å². The van der Waals surface area contributed by atoms with Crippen LogP contribution in [0.3, 0.4) is 0 Å². The summed E-state index contributed by atoms with van der Waals surface area (Å²) in [6.45, 7) is 1.76. The van der Waals surface area contributed by atoms with Crippen LogP contribution >= 0.6 is 46.0 Å². The number of amides is 1. The molecule has 0 saturated carbocycles. The van der Waals surface area contributed by atoms with E-state index in [-0.39, 0.29) is 11.5 Å². The Morgan fingerprint density at radius 1 is 1.19 bits per heavy atom. The molecule has 0 bridgehead atoms. The molecule has 0 radical (unpaired) electrons. The number of anilines is 1. The van der Waals surface area contributed by atoms with E-state index in [0.717, 1.165) is 10.6 Å². The largest absolute Gasteiger partial charge is 0.497 e. The van der Waals surface area contributed by atoms with Crippen molar-refractivity contribution in [1.82, 2.24) is 9.66 Å². The second kappa shape index (κ2) is 8.36. The number of rotatable bonds is 4. The van der Waals surface area contributed by atoms with Gasteiger partial charge < -0.3 is 10.1 Å². The molecule has 0 aliphatic carbocycles. The molecule has 3 aromatic heterocycles. The van der Waals surface area contributed by atoms with E-state index in [1.807, 2.05) is 12.1 Å². The normalized spacial score (nSPS) is 13.0. The minimum absolute atomic E-state index is 0.283. The van der Waals surface area contributed by atoms with E-state index in [1.54, 1.807) is 38.3 Å².